The first-order valence-corrected chi connectivity index (χ1v) is 11.6. The van der Waals surface area contributed by atoms with Crippen molar-refractivity contribution in [3.63, 3.8) is 0 Å². The SMILES string of the molecule is CC(C)(C(=O)N1CCCC1)c1cccc(-c2nn(-c3ccc(F)cc3F)c(=O)c3ccccc23)c1. The highest BCUT2D eigenvalue weighted by molar-refractivity contribution is 5.94. The van der Waals surface area contributed by atoms with Crippen LogP contribution in [0.3, 0.4) is 0 Å². The van der Waals surface area contributed by atoms with Crippen molar-refractivity contribution in [2.24, 2.45) is 0 Å². The Morgan fingerprint density at radius 1 is 0.914 bits per heavy atom. The summed E-state index contributed by atoms with van der Waals surface area (Å²) < 4.78 is 29.1. The van der Waals surface area contributed by atoms with Gasteiger partial charge in [0.15, 0.2) is 5.82 Å². The van der Waals surface area contributed by atoms with Gasteiger partial charge in [-0.25, -0.2) is 8.78 Å². The molecule has 5 rings (SSSR count). The lowest BCUT2D eigenvalue weighted by atomic mass is 9.82. The Hall–Kier alpha value is -3.87. The van der Waals surface area contributed by atoms with E-state index in [-0.39, 0.29) is 11.6 Å². The number of carbonyl (C=O) groups excluding carboxylic acids is 1. The first-order chi connectivity index (χ1) is 16.8. The van der Waals surface area contributed by atoms with Crippen LogP contribution in [0.4, 0.5) is 8.78 Å². The van der Waals surface area contributed by atoms with Gasteiger partial charge in [0, 0.05) is 30.1 Å². The van der Waals surface area contributed by atoms with E-state index in [4.69, 9.17) is 0 Å². The highest BCUT2D eigenvalue weighted by Crippen LogP contribution is 2.32. The average molecular weight is 474 g/mol. The standard InChI is InChI=1S/C28H25F2N3O2/c1-28(2,27(35)32-14-5-6-15-32)19-9-7-8-18(16-19)25-21-10-3-4-11-22(21)26(34)33(31-25)24-13-12-20(29)17-23(24)30/h3-4,7-13,16-17H,5-6,14-15H2,1-2H3. The van der Waals surface area contributed by atoms with Gasteiger partial charge < -0.3 is 4.90 Å². The number of rotatable bonds is 4. The second-order valence-electron chi connectivity index (χ2n) is 9.41. The van der Waals surface area contributed by atoms with Crippen molar-refractivity contribution in [1.82, 2.24) is 14.7 Å². The third-order valence-corrected chi connectivity index (χ3v) is 6.73. The van der Waals surface area contributed by atoms with Crippen LogP contribution in [0.1, 0.15) is 32.3 Å². The molecular weight excluding hydrogens is 448 g/mol. The molecular formula is C28H25F2N3O2. The molecule has 0 N–H and O–H groups in total. The first-order valence-electron chi connectivity index (χ1n) is 11.6. The van der Waals surface area contributed by atoms with Crippen molar-refractivity contribution < 1.29 is 13.6 Å². The van der Waals surface area contributed by atoms with E-state index in [0.29, 0.717) is 22.0 Å². The summed E-state index contributed by atoms with van der Waals surface area (Å²) in [6, 6.07) is 17.5. The van der Waals surface area contributed by atoms with Crippen molar-refractivity contribution in [2.45, 2.75) is 32.1 Å². The molecule has 1 amide bonds. The van der Waals surface area contributed by atoms with E-state index in [1.54, 1.807) is 24.3 Å². The number of halogens is 2. The number of amides is 1. The van der Waals surface area contributed by atoms with Crippen LogP contribution in [0.25, 0.3) is 27.7 Å². The van der Waals surface area contributed by atoms with Crippen molar-refractivity contribution >= 4 is 16.7 Å². The Bertz CT molecular complexity index is 1500. The molecule has 35 heavy (non-hydrogen) atoms. The van der Waals surface area contributed by atoms with E-state index < -0.39 is 22.6 Å². The molecule has 1 aliphatic rings. The van der Waals surface area contributed by atoms with Gasteiger partial charge in [-0.05, 0) is 56.5 Å². The van der Waals surface area contributed by atoms with E-state index >= 15 is 0 Å². The molecule has 0 radical (unpaired) electrons. The van der Waals surface area contributed by atoms with Crippen LogP contribution in [-0.4, -0.2) is 33.7 Å². The second kappa shape index (κ2) is 8.73. The van der Waals surface area contributed by atoms with Crippen molar-refractivity contribution in [3.05, 3.63) is 94.3 Å². The summed E-state index contributed by atoms with van der Waals surface area (Å²) in [4.78, 5) is 28.4. The Labute approximate surface area is 201 Å². The summed E-state index contributed by atoms with van der Waals surface area (Å²) >= 11 is 0. The number of hydrogen-bond acceptors (Lipinski definition) is 3. The van der Waals surface area contributed by atoms with Crippen LogP contribution >= 0.6 is 0 Å². The highest BCUT2D eigenvalue weighted by atomic mass is 19.1. The zero-order chi connectivity index (χ0) is 24.7. The summed E-state index contributed by atoms with van der Waals surface area (Å²) in [6.45, 7) is 5.35. The summed E-state index contributed by atoms with van der Waals surface area (Å²) in [5.41, 5.74) is 0.587. The molecule has 1 aromatic heterocycles. The Balaban J connectivity index is 1.68. The molecule has 1 aliphatic heterocycles. The summed E-state index contributed by atoms with van der Waals surface area (Å²) in [5, 5.41) is 5.49. The number of aromatic nitrogens is 2. The topological polar surface area (TPSA) is 55.2 Å². The van der Waals surface area contributed by atoms with E-state index in [9.17, 15) is 18.4 Å². The van der Waals surface area contributed by atoms with Crippen LogP contribution in [0.15, 0.2) is 71.5 Å². The van der Waals surface area contributed by atoms with Gasteiger partial charge >= 0.3 is 0 Å². The van der Waals surface area contributed by atoms with Crippen LogP contribution in [-0.2, 0) is 10.2 Å². The molecule has 0 atom stereocenters. The lowest BCUT2D eigenvalue weighted by Crippen LogP contribution is -2.41. The van der Waals surface area contributed by atoms with Crippen LogP contribution < -0.4 is 5.56 Å². The minimum atomic E-state index is -0.882. The second-order valence-corrected chi connectivity index (χ2v) is 9.41. The molecule has 1 saturated heterocycles. The van der Waals surface area contributed by atoms with Crippen LogP contribution in [0.5, 0.6) is 0 Å². The summed E-state index contributed by atoms with van der Waals surface area (Å²) in [5.74, 6) is -1.55. The van der Waals surface area contributed by atoms with Gasteiger partial charge in [-0.15, -0.1) is 0 Å². The Kier molecular flexibility index (Phi) is 5.71. The Morgan fingerprint density at radius 2 is 1.63 bits per heavy atom. The third kappa shape index (κ3) is 4.01. The van der Waals surface area contributed by atoms with E-state index in [1.165, 1.54) is 6.07 Å². The molecule has 0 bridgehead atoms. The van der Waals surface area contributed by atoms with Crippen molar-refractivity contribution in [2.75, 3.05) is 13.1 Å². The summed E-state index contributed by atoms with van der Waals surface area (Å²) in [7, 11) is 0. The van der Waals surface area contributed by atoms with Crippen LogP contribution in [0, 0.1) is 11.6 Å². The van der Waals surface area contributed by atoms with Gasteiger partial charge in [-0.2, -0.15) is 9.78 Å². The third-order valence-electron chi connectivity index (χ3n) is 6.73. The summed E-state index contributed by atoms with van der Waals surface area (Å²) in [6.07, 6.45) is 2.03. The maximum absolute atomic E-state index is 14.6. The number of hydrogen-bond donors (Lipinski definition) is 0. The smallest absolute Gasteiger partial charge is 0.279 e. The number of fused-ring (bicyclic) bond motifs is 1. The number of likely N-dealkylation sites (tertiary alicyclic amines) is 1. The van der Waals surface area contributed by atoms with Gasteiger partial charge in [0.2, 0.25) is 5.91 Å². The number of carbonyl (C=O) groups is 1. The quantitative estimate of drug-likeness (QED) is 0.408. The maximum Gasteiger partial charge on any atom is 0.279 e. The van der Waals surface area contributed by atoms with Crippen molar-refractivity contribution in [1.29, 1.82) is 0 Å². The lowest BCUT2D eigenvalue weighted by Gasteiger charge is -2.30. The predicted octanol–water partition coefficient (Wildman–Crippen LogP) is 5.23. The fraction of sp³-hybridized carbons (Fsp3) is 0.250. The fourth-order valence-corrected chi connectivity index (χ4v) is 4.71. The van der Waals surface area contributed by atoms with E-state index in [1.807, 2.05) is 43.0 Å². The minimum absolute atomic E-state index is 0.0725. The molecule has 5 nitrogen and oxygen atoms in total. The molecule has 3 aromatic carbocycles. The average Bonchev–Trinajstić information content (AvgIpc) is 3.39. The van der Waals surface area contributed by atoms with Gasteiger partial charge in [0.1, 0.15) is 11.5 Å². The van der Waals surface area contributed by atoms with Crippen molar-refractivity contribution in [3.8, 4) is 16.9 Å². The van der Waals surface area contributed by atoms with E-state index in [0.717, 1.165) is 48.3 Å². The van der Waals surface area contributed by atoms with Gasteiger partial charge in [-0.3, -0.25) is 9.59 Å². The Morgan fingerprint density at radius 3 is 2.34 bits per heavy atom. The number of benzene rings is 3. The zero-order valence-electron chi connectivity index (χ0n) is 19.6. The lowest BCUT2D eigenvalue weighted by molar-refractivity contribution is -0.135. The monoisotopic (exact) mass is 473 g/mol. The highest BCUT2D eigenvalue weighted by Gasteiger charge is 2.35. The normalized spacial score (nSPS) is 14.0. The zero-order valence-corrected chi connectivity index (χ0v) is 19.6. The molecule has 2 heterocycles. The van der Waals surface area contributed by atoms with Crippen LogP contribution in [0.2, 0.25) is 0 Å². The predicted molar refractivity (Wildman–Crippen MR) is 132 cm³/mol. The molecule has 1 fully saturated rings. The van der Waals surface area contributed by atoms with E-state index in [2.05, 4.69) is 5.10 Å². The molecule has 178 valence electrons. The molecule has 7 heteroatoms. The molecule has 0 aliphatic carbocycles. The minimum Gasteiger partial charge on any atom is -0.342 e. The molecule has 0 spiro atoms. The largest absolute Gasteiger partial charge is 0.342 e. The molecule has 4 aromatic rings. The van der Waals surface area contributed by atoms with Gasteiger partial charge in [-0.1, -0.05) is 36.4 Å². The fourth-order valence-electron chi connectivity index (χ4n) is 4.71. The molecule has 0 saturated carbocycles. The van der Waals surface area contributed by atoms with Gasteiger partial charge in [0.05, 0.1) is 16.5 Å². The van der Waals surface area contributed by atoms with Gasteiger partial charge in [0.25, 0.3) is 5.56 Å². The number of nitrogens with zero attached hydrogens (tertiary/aromatic N) is 3. The molecule has 0 unspecified atom stereocenters. The first kappa shape index (κ1) is 22.9. The maximum atomic E-state index is 14.6.